The molecule has 0 saturated carbocycles. The van der Waals surface area contributed by atoms with Crippen LogP contribution in [0.2, 0.25) is 0 Å². The highest BCUT2D eigenvalue weighted by molar-refractivity contribution is 5.90. The van der Waals surface area contributed by atoms with Gasteiger partial charge in [0.1, 0.15) is 6.10 Å². The fraction of sp³-hybridized carbons (Fsp3) is 0.611. The molecule has 3 aliphatic rings. The van der Waals surface area contributed by atoms with E-state index in [0.29, 0.717) is 25.0 Å². The van der Waals surface area contributed by atoms with Crippen molar-refractivity contribution in [1.29, 1.82) is 0 Å². The molecule has 3 rings (SSSR count). The van der Waals surface area contributed by atoms with Gasteiger partial charge in [-0.05, 0) is 25.8 Å². The van der Waals surface area contributed by atoms with Gasteiger partial charge in [-0.25, -0.2) is 9.59 Å². The first-order chi connectivity index (χ1) is 13.2. The van der Waals surface area contributed by atoms with E-state index in [2.05, 4.69) is 10.6 Å². The number of aliphatic hydroxyl groups is 1. The number of nitrogens with one attached hydrogen (secondary N) is 2. The van der Waals surface area contributed by atoms with Crippen LogP contribution < -0.4 is 10.6 Å². The van der Waals surface area contributed by atoms with Gasteiger partial charge < -0.3 is 30.3 Å². The van der Waals surface area contributed by atoms with Gasteiger partial charge in [-0.2, -0.15) is 0 Å². The zero-order valence-corrected chi connectivity index (χ0v) is 16.0. The Hall–Kier alpha value is -2.59. The van der Waals surface area contributed by atoms with Crippen molar-refractivity contribution in [1.82, 2.24) is 15.5 Å². The second-order valence-corrected chi connectivity index (χ2v) is 7.28. The number of carbonyl (C=O) groups is 3. The van der Waals surface area contributed by atoms with Gasteiger partial charge in [-0.3, -0.25) is 9.69 Å². The van der Waals surface area contributed by atoms with Crippen LogP contribution in [0.25, 0.3) is 0 Å². The lowest BCUT2D eigenvalue weighted by Crippen LogP contribution is -2.61. The topological polar surface area (TPSA) is 137 Å². The Morgan fingerprint density at radius 3 is 2.75 bits per heavy atom. The molecule has 0 bridgehead atoms. The quantitative estimate of drug-likeness (QED) is 0.391. The predicted molar refractivity (Wildman–Crippen MR) is 96.1 cm³/mol. The summed E-state index contributed by atoms with van der Waals surface area (Å²) in [5.41, 5.74) is 1.40. The largest absolute Gasteiger partial charge is 0.512 e. The van der Waals surface area contributed by atoms with Gasteiger partial charge in [0.25, 0.3) is 0 Å². The average molecular weight is 395 g/mol. The number of ether oxygens (including phenoxy) is 2. The number of rotatable bonds is 5. The van der Waals surface area contributed by atoms with Gasteiger partial charge in [0.2, 0.25) is 11.8 Å². The van der Waals surface area contributed by atoms with E-state index >= 15 is 0 Å². The molecule has 0 spiro atoms. The van der Waals surface area contributed by atoms with E-state index in [9.17, 15) is 19.5 Å². The third kappa shape index (κ3) is 3.69. The molecule has 2 saturated heterocycles. The lowest BCUT2D eigenvalue weighted by Gasteiger charge is -2.44. The van der Waals surface area contributed by atoms with Gasteiger partial charge >= 0.3 is 12.2 Å². The summed E-state index contributed by atoms with van der Waals surface area (Å²) in [7, 11) is 1.49. The molecule has 154 valence electrons. The fourth-order valence-electron chi connectivity index (χ4n) is 4.09. The van der Waals surface area contributed by atoms with E-state index in [1.807, 2.05) is 13.0 Å². The second kappa shape index (κ2) is 7.80. The van der Waals surface area contributed by atoms with E-state index in [0.717, 1.165) is 5.57 Å². The highest BCUT2D eigenvalue weighted by atomic mass is 16.7. The number of amides is 2. The molecule has 4 N–H and O–H groups in total. The number of aliphatic hydroxyl groups excluding tert-OH is 1. The standard InChI is InChI=1S/C18H25N3O7/c1-8(4-10-5-11(7-20-10)27-17(24)19-3)12-6-13-14(9(2)22)15(23)21(13)16(12)28-18(25)26/h4,9-11,13-14,20,22H,5-7H2,1-3H3,(H,19,24)(H,25,26)/t9-,10-,11-,13-,14-/m1/s1. The molecule has 0 aromatic carbocycles. The van der Waals surface area contributed by atoms with Crippen molar-refractivity contribution < 1.29 is 34.1 Å². The third-order valence-electron chi connectivity index (χ3n) is 5.39. The SMILES string of the molecule is CNC(=O)O[C@H]1CN[C@H](C=C(C)C2=C(OC(=O)O)N3C(=O)[C@H]([C@@H](C)O)[C@H]3C2)C1. The van der Waals surface area contributed by atoms with E-state index in [1.54, 1.807) is 6.92 Å². The molecule has 0 unspecified atom stereocenters. The Balaban J connectivity index is 1.76. The number of carbonyl (C=O) groups excluding carboxylic acids is 2. The molecule has 10 heteroatoms. The molecular formula is C18H25N3O7. The summed E-state index contributed by atoms with van der Waals surface area (Å²) in [6.07, 6.45) is -0.151. The van der Waals surface area contributed by atoms with Crippen molar-refractivity contribution in [3.8, 4) is 0 Å². The molecule has 10 nitrogen and oxygen atoms in total. The number of nitrogens with zero attached hydrogens (tertiary/aromatic N) is 1. The summed E-state index contributed by atoms with van der Waals surface area (Å²) in [4.78, 5) is 36.1. The lowest BCUT2D eigenvalue weighted by molar-refractivity contribution is -0.161. The van der Waals surface area contributed by atoms with Gasteiger partial charge in [0.15, 0.2) is 0 Å². The van der Waals surface area contributed by atoms with Gasteiger partial charge in [0.05, 0.1) is 18.1 Å². The number of alkyl carbamates (subject to hydrolysis) is 1. The van der Waals surface area contributed by atoms with Crippen LogP contribution in [0.1, 0.15) is 26.7 Å². The van der Waals surface area contributed by atoms with Gasteiger partial charge in [0, 0.05) is 31.6 Å². The van der Waals surface area contributed by atoms with E-state index in [1.165, 1.54) is 11.9 Å². The molecule has 3 aliphatic heterocycles. The minimum absolute atomic E-state index is 0.0179. The number of fused-ring (bicyclic) bond motifs is 1. The van der Waals surface area contributed by atoms with Gasteiger partial charge in [-0.15, -0.1) is 0 Å². The maximum Gasteiger partial charge on any atom is 0.512 e. The lowest BCUT2D eigenvalue weighted by atomic mass is 9.82. The van der Waals surface area contributed by atoms with Crippen LogP contribution in [0.4, 0.5) is 9.59 Å². The zero-order valence-electron chi connectivity index (χ0n) is 16.0. The number of hydrogen-bond donors (Lipinski definition) is 4. The normalized spacial score (nSPS) is 30.6. The molecule has 0 aliphatic carbocycles. The highest BCUT2D eigenvalue weighted by Gasteiger charge is 2.56. The Labute approximate surface area is 162 Å². The van der Waals surface area contributed by atoms with Crippen LogP contribution in [-0.2, 0) is 14.3 Å². The Morgan fingerprint density at radius 2 is 2.14 bits per heavy atom. The summed E-state index contributed by atoms with van der Waals surface area (Å²) in [5, 5.41) is 24.5. The van der Waals surface area contributed by atoms with Crippen molar-refractivity contribution >= 4 is 18.2 Å². The van der Waals surface area contributed by atoms with Crippen molar-refractivity contribution in [3.05, 3.63) is 23.1 Å². The minimum atomic E-state index is -1.49. The molecule has 2 amide bonds. The number of allylic oxidation sites excluding steroid dienone is 1. The van der Waals surface area contributed by atoms with Crippen molar-refractivity contribution in [2.75, 3.05) is 13.6 Å². The zero-order chi connectivity index (χ0) is 20.6. The minimum Gasteiger partial charge on any atom is -0.449 e. The average Bonchev–Trinajstić information content (AvgIpc) is 3.15. The summed E-state index contributed by atoms with van der Waals surface area (Å²) >= 11 is 0. The predicted octanol–water partition coefficient (Wildman–Crippen LogP) is 0.537. The van der Waals surface area contributed by atoms with E-state index < -0.39 is 24.3 Å². The second-order valence-electron chi connectivity index (χ2n) is 7.28. The fourth-order valence-corrected chi connectivity index (χ4v) is 4.09. The van der Waals surface area contributed by atoms with Crippen molar-refractivity contribution in [2.45, 2.75) is 51.0 Å². The first-order valence-corrected chi connectivity index (χ1v) is 9.18. The Kier molecular flexibility index (Phi) is 5.61. The number of hydrogen-bond acceptors (Lipinski definition) is 7. The maximum absolute atomic E-state index is 12.3. The van der Waals surface area contributed by atoms with Crippen LogP contribution in [-0.4, -0.2) is 71.2 Å². The summed E-state index contributed by atoms with van der Waals surface area (Å²) in [6.45, 7) is 3.88. The van der Waals surface area contributed by atoms with Crippen LogP contribution >= 0.6 is 0 Å². The monoisotopic (exact) mass is 395 g/mol. The summed E-state index contributed by atoms with van der Waals surface area (Å²) < 4.78 is 10.1. The molecule has 0 radical (unpaired) electrons. The van der Waals surface area contributed by atoms with Crippen LogP contribution in [0.15, 0.2) is 23.1 Å². The van der Waals surface area contributed by atoms with Crippen LogP contribution in [0.5, 0.6) is 0 Å². The molecule has 3 heterocycles. The molecule has 0 aromatic rings. The van der Waals surface area contributed by atoms with Crippen LogP contribution in [0, 0.1) is 5.92 Å². The maximum atomic E-state index is 12.3. The van der Waals surface area contributed by atoms with Crippen molar-refractivity contribution in [3.63, 3.8) is 0 Å². The smallest absolute Gasteiger partial charge is 0.449 e. The molecule has 2 fully saturated rings. The van der Waals surface area contributed by atoms with Crippen LogP contribution in [0.3, 0.4) is 0 Å². The number of carboxylic acid groups (broad SMARTS) is 1. The highest BCUT2D eigenvalue weighted by Crippen LogP contribution is 2.46. The van der Waals surface area contributed by atoms with Gasteiger partial charge in [-0.1, -0.05) is 6.08 Å². The van der Waals surface area contributed by atoms with E-state index in [4.69, 9.17) is 14.6 Å². The molecular weight excluding hydrogens is 370 g/mol. The number of β-lactam (4-membered cyclic amide) rings is 1. The molecule has 0 aromatic heterocycles. The molecule has 5 atom stereocenters. The Morgan fingerprint density at radius 1 is 1.43 bits per heavy atom. The third-order valence-corrected chi connectivity index (χ3v) is 5.39. The first-order valence-electron chi connectivity index (χ1n) is 9.18. The van der Waals surface area contributed by atoms with Crippen molar-refractivity contribution in [2.24, 2.45) is 5.92 Å². The molecule has 28 heavy (non-hydrogen) atoms. The Bertz CT molecular complexity index is 745. The summed E-state index contributed by atoms with van der Waals surface area (Å²) in [5.74, 6) is -0.881. The van der Waals surface area contributed by atoms with E-state index in [-0.39, 0.29) is 30.0 Å². The summed E-state index contributed by atoms with van der Waals surface area (Å²) in [6, 6.07) is -0.370. The first kappa shape index (κ1) is 20.2.